The summed E-state index contributed by atoms with van der Waals surface area (Å²) in [4.78, 5) is 33.0. The van der Waals surface area contributed by atoms with Crippen LogP contribution in [0, 0.1) is 12.8 Å². The molecule has 0 aromatic carbocycles. The van der Waals surface area contributed by atoms with Gasteiger partial charge in [-0.3, -0.25) is 9.78 Å². The number of piperidine rings is 1. The van der Waals surface area contributed by atoms with Crippen molar-refractivity contribution in [3.05, 3.63) is 66.4 Å². The number of carbonyl (C=O) groups is 1. The number of hydrogen-bond donors (Lipinski definition) is 0. The van der Waals surface area contributed by atoms with Gasteiger partial charge in [0.05, 0.1) is 11.6 Å². The van der Waals surface area contributed by atoms with Crippen molar-refractivity contribution >= 4 is 5.91 Å². The molecular weight excluding hydrogens is 378 g/mol. The van der Waals surface area contributed by atoms with Crippen LogP contribution in [0.3, 0.4) is 0 Å². The Bertz CT molecular complexity index is 1060. The van der Waals surface area contributed by atoms with Crippen LogP contribution in [0.2, 0.25) is 0 Å². The Hall–Kier alpha value is -3.35. The van der Waals surface area contributed by atoms with Crippen molar-refractivity contribution in [2.24, 2.45) is 5.92 Å². The normalized spacial score (nSPS) is 24.8. The third kappa shape index (κ3) is 3.20. The summed E-state index contributed by atoms with van der Waals surface area (Å²) in [6, 6.07) is 9.42. The SMILES string of the molecule is Cc1ccc(OC2CC3CC2N(C(=O)c2ncccc2-c2ncccn2)C3C)nc1. The van der Waals surface area contributed by atoms with Gasteiger partial charge >= 0.3 is 0 Å². The molecule has 1 aliphatic heterocycles. The van der Waals surface area contributed by atoms with E-state index >= 15 is 0 Å². The summed E-state index contributed by atoms with van der Waals surface area (Å²) in [5.74, 6) is 1.43. The van der Waals surface area contributed by atoms with Gasteiger partial charge in [-0.15, -0.1) is 0 Å². The molecule has 1 amide bonds. The van der Waals surface area contributed by atoms with Crippen LogP contribution in [0.15, 0.2) is 55.1 Å². The van der Waals surface area contributed by atoms with Crippen LogP contribution in [0.5, 0.6) is 5.88 Å². The molecular formula is C23H23N5O2. The van der Waals surface area contributed by atoms with E-state index in [-0.39, 0.29) is 24.1 Å². The number of aryl methyl sites for hydroxylation is 1. The predicted molar refractivity (Wildman–Crippen MR) is 111 cm³/mol. The van der Waals surface area contributed by atoms with Crippen molar-refractivity contribution in [1.82, 2.24) is 24.8 Å². The summed E-state index contributed by atoms with van der Waals surface area (Å²) in [7, 11) is 0. The summed E-state index contributed by atoms with van der Waals surface area (Å²) < 4.78 is 6.19. The zero-order valence-corrected chi connectivity index (χ0v) is 17.0. The first-order chi connectivity index (χ1) is 14.6. The van der Waals surface area contributed by atoms with Crippen LogP contribution >= 0.6 is 0 Å². The molecule has 30 heavy (non-hydrogen) atoms. The van der Waals surface area contributed by atoms with Crippen molar-refractivity contribution in [2.75, 3.05) is 0 Å². The molecule has 7 heteroatoms. The molecule has 7 nitrogen and oxygen atoms in total. The van der Waals surface area contributed by atoms with Gasteiger partial charge in [-0.2, -0.15) is 0 Å². The number of nitrogens with zero attached hydrogens (tertiary/aromatic N) is 5. The molecule has 3 aromatic heterocycles. The van der Waals surface area contributed by atoms with E-state index in [1.807, 2.05) is 30.0 Å². The Morgan fingerprint density at radius 2 is 1.83 bits per heavy atom. The van der Waals surface area contributed by atoms with Crippen molar-refractivity contribution in [3.8, 4) is 17.3 Å². The van der Waals surface area contributed by atoms with E-state index in [9.17, 15) is 4.79 Å². The highest BCUT2D eigenvalue weighted by molar-refractivity contribution is 5.98. The molecule has 1 aliphatic carbocycles. The summed E-state index contributed by atoms with van der Waals surface area (Å²) in [6.07, 6.45) is 8.59. The second-order valence-electron chi connectivity index (χ2n) is 8.05. The van der Waals surface area contributed by atoms with Crippen LogP contribution in [0.25, 0.3) is 11.4 Å². The highest BCUT2D eigenvalue weighted by Crippen LogP contribution is 2.44. The van der Waals surface area contributed by atoms with Gasteiger partial charge in [0.1, 0.15) is 11.8 Å². The molecule has 2 fully saturated rings. The number of pyridine rings is 2. The molecule has 4 atom stereocenters. The average Bonchev–Trinajstić information content (AvgIpc) is 3.33. The number of likely N-dealkylation sites (tertiary alicyclic amines) is 1. The first kappa shape index (κ1) is 18.7. The molecule has 4 unspecified atom stereocenters. The van der Waals surface area contributed by atoms with E-state index < -0.39 is 0 Å². The lowest BCUT2D eigenvalue weighted by molar-refractivity contribution is 0.0310. The van der Waals surface area contributed by atoms with Crippen molar-refractivity contribution in [1.29, 1.82) is 0 Å². The largest absolute Gasteiger partial charge is 0.472 e. The van der Waals surface area contributed by atoms with Crippen molar-refractivity contribution < 1.29 is 9.53 Å². The zero-order valence-electron chi connectivity index (χ0n) is 17.0. The molecule has 2 aliphatic rings. The number of rotatable bonds is 4. The Labute approximate surface area is 175 Å². The minimum Gasteiger partial charge on any atom is -0.472 e. The fraction of sp³-hybridized carbons (Fsp3) is 0.348. The molecule has 5 rings (SSSR count). The molecule has 0 spiro atoms. The first-order valence-corrected chi connectivity index (χ1v) is 10.3. The number of amides is 1. The maximum atomic E-state index is 13.6. The molecule has 3 aromatic rings. The van der Waals surface area contributed by atoms with Gasteiger partial charge in [0.2, 0.25) is 5.88 Å². The maximum Gasteiger partial charge on any atom is 0.273 e. The summed E-state index contributed by atoms with van der Waals surface area (Å²) in [6.45, 7) is 4.11. The number of carbonyl (C=O) groups excluding carboxylic acids is 1. The number of fused-ring (bicyclic) bond motifs is 2. The topological polar surface area (TPSA) is 81.1 Å². The van der Waals surface area contributed by atoms with Gasteiger partial charge in [0.25, 0.3) is 5.91 Å². The Morgan fingerprint density at radius 1 is 1.03 bits per heavy atom. The first-order valence-electron chi connectivity index (χ1n) is 10.3. The minimum absolute atomic E-state index is 0.00662. The zero-order chi connectivity index (χ0) is 20.7. The number of hydrogen-bond acceptors (Lipinski definition) is 6. The average molecular weight is 401 g/mol. The maximum absolute atomic E-state index is 13.6. The van der Waals surface area contributed by atoms with Crippen molar-refractivity contribution in [2.45, 2.75) is 44.9 Å². The number of ether oxygens (including phenoxy) is 1. The predicted octanol–water partition coefficient (Wildman–Crippen LogP) is 3.31. The van der Waals surface area contributed by atoms with Gasteiger partial charge in [-0.05, 0) is 56.4 Å². The fourth-order valence-corrected chi connectivity index (χ4v) is 4.69. The van der Waals surface area contributed by atoms with Crippen LogP contribution in [-0.2, 0) is 0 Å². The van der Waals surface area contributed by atoms with Gasteiger partial charge < -0.3 is 9.64 Å². The van der Waals surface area contributed by atoms with E-state index in [1.54, 1.807) is 36.9 Å². The van der Waals surface area contributed by atoms with Gasteiger partial charge in [0.15, 0.2) is 5.82 Å². The molecule has 0 N–H and O–H groups in total. The Morgan fingerprint density at radius 3 is 2.57 bits per heavy atom. The molecule has 152 valence electrons. The standard InChI is InChI=1S/C23H23N5O2/c1-14-6-7-20(27-13-14)30-19-12-16-11-18(19)28(15(16)2)23(29)21-17(5-3-8-24-21)22-25-9-4-10-26-22/h3-10,13,15-16,18-19H,11-12H2,1-2H3. The summed E-state index contributed by atoms with van der Waals surface area (Å²) in [5.41, 5.74) is 2.12. The Balaban J connectivity index is 1.43. The second kappa shape index (κ2) is 7.48. The quantitative estimate of drug-likeness (QED) is 0.667. The third-order valence-corrected chi connectivity index (χ3v) is 6.19. The van der Waals surface area contributed by atoms with Crippen LogP contribution in [-0.4, -0.2) is 48.9 Å². The van der Waals surface area contributed by atoms with Gasteiger partial charge in [0, 0.05) is 36.9 Å². The summed E-state index contributed by atoms with van der Waals surface area (Å²) >= 11 is 0. The summed E-state index contributed by atoms with van der Waals surface area (Å²) in [5, 5.41) is 0. The molecule has 1 saturated carbocycles. The molecule has 0 radical (unpaired) electrons. The molecule has 2 bridgehead atoms. The van der Waals surface area contributed by atoms with E-state index in [4.69, 9.17) is 4.74 Å². The monoisotopic (exact) mass is 401 g/mol. The van der Waals surface area contributed by atoms with Crippen LogP contribution < -0.4 is 4.74 Å². The highest BCUT2D eigenvalue weighted by Gasteiger charge is 2.53. The van der Waals surface area contributed by atoms with Crippen LogP contribution in [0.4, 0.5) is 0 Å². The van der Waals surface area contributed by atoms with Crippen molar-refractivity contribution in [3.63, 3.8) is 0 Å². The second-order valence-corrected chi connectivity index (χ2v) is 8.05. The highest BCUT2D eigenvalue weighted by atomic mass is 16.5. The van der Waals surface area contributed by atoms with E-state index in [0.29, 0.717) is 28.9 Å². The third-order valence-electron chi connectivity index (χ3n) is 6.19. The van der Waals surface area contributed by atoms with E-state index in [2.05, 4.69) is 26.9 Å². The smallest absolute Gasteiger partial charge is 0.273 e. The fourth-order valence-electron chi connectivity index (χ4n) is 4.69. The Kier molecular flexibility index (Phi) is 4.65. The lowest BCUT2D eigenvalue weighted by Crippen LogP contribution is -2.51. The van der Waals surface area contributed by atoms with Crippen LogP contribution in [0.1, 0.15) is 35.8 Å². The van der Waals surface area contributed by atoms with Gasteiger partial charge in [-0.1, -0.05) is 6.07 Å². The molecule has 1 saturated heterocycles. The van der Waals surface area contributed by atoms with E-state index in [1.165, 1.54) is 0 Å². The van der Waals surface area contributed by atoms with E-state index in [0.717, 1.165) is 18.4 Å². The van der Waals surface area contributed by atoms with Gasteiger partial charge in [-0.25, -0.2) is 15.0 Å². The molecule has 4 heterocycles. The lowest BCUT2D eigenvalue weighted by atomic mass is 9.98. The lowest BCUT2D eigenvalue weighted by Gasteiger charge is -2.37. The minimum atomic E-state index is -0.0942. The number of aromatic nitrogens is 4.